The summed E-state index contributed by atoms with van der Waals surface area (Å²) in [6, 6.07) is 9.51. The molecule has 0 radical (unpaired) electrons. The molecule has 0 bridgehead atoms. The lowest BCUT2D eigenvalue weighted by Gasteiger charge is -2.24. The normalized spacial score (nSPS) is 16.8. The molecule has 0 saturated heterocycles. The molecule has 0 fully saturated rings. The van der Waals surface area contributed by atoms with Gasteiger partial charge in [-0.05, 0) is 37.5 Å². The second-order valence-electron chi connectivity index (χ2n) is 4.61. The number of benzene rings is 1. The molecule has 0 saturated carbocycles. The van der Waals surface area contributed by atoms with Crippen molar-refractivity contribution in [1.29, 1.82) is 0 Å². The van der Waals surface area contributed by atoms with Crippen LogP contribution in [0, 0.1) is 5.92 Å². The van der Waals surface area contributed by atoms with Gasteiger partial charge in [-0.15, -0.1) is 0 Å². The van der Waals surface area contributed by atoms with Crippen molar-refractivity contribution < 1.29 is 0 Å². The highest BCUT2D eigenvalue weighted by Gasteiger charge is 2.13. The van der Waals surface area contributed by atoms with Crippen LogP contribution in [0.4, 0.5) is 0 Å². The van der Waals surface area contributed by atoms with E-state index in [4.69, 9.17) is 0 Å². The fourth-order valence-corrected chi connectivity index (χ4v) is 2.02. The van der Waals surface area contributed by atoms with E-state index >= 15 is 0 Å². The van der Waals surface area contributed by atoms with Gasteiger partial charge in [0.1, 0.15) is 0 Å². The van der Waals surface area contributed by atoms with E-state index in [1.165, 1.54) is 12.0 Å². The molecule has 0 spiro atoms. The zero-order valence-electron chi connectivity index (χ0n) is 10.6. The number of hydrogen-bond donors (Lipinski definition) is 1. The number of hydrogen-bond acceptors (Lipinski definition) is 1. The predicted octanol–water partition coefficient (Wildman–Crippen LogP) is 4.53. The molecular weight excluding hydrogens is 262 g/mol. The summed E-state index contributed by atoms with van der Waals surface area (Å²) in [6.45, 7) is 9.03. The van der Waals surface area contributed by atoms with E-state index in [0.29, 0.717) is 12.1 Å². The topological polar surface area (TPSA) is 12.0 Å². The standard InChI is InChI=1S/C14H22BrN/c1-5-10(2)11(3)16-12(4)13-6-8-14(15)9-7-13/h6-12,16H,5H2,1-4H3/t10?,11?,12-/m1/s1. The van der Waals surface area contributed by atoms with Crippen molar-refractivity contribution in [2.75, 3.05) is 0 Å². The van der Waals surface area contributed by atoms with Gasteiger partial charge in [0.15, 0.2) is 0 Å². The van der Waals surface area contributed by atoms with Crippen LogP contribution in [0.5, 0.6) is 0 Å². The van der Waals surface area contributed by atoms with Gasteiger partial charge in [0, 0.05) is 16.6 Å². The molecule has 1 nitrogen and oxygen atoms in total. The Morgan fingerprint density at radius 2 is 1.69 bits per heavy atom. The first-order chi connectivity index (χ1) is 7.54. The Morgan fingerprint density at radius 3 is 2.19 bits per heavy atom. The number of nitrogens with one attached hydrogen (secondary N) is 1. The summed E-state index contributed by atoms with van der Waals surface area (Å²) in [5.41, 5.74) is 1.35. The number of halogens is 1. The summed E-state index contributed by atoms with van der Waals surface area (Å²) in [7, 11) is 0. The van der Waals surface area contributed by atoms with Gasteiger partial charge in [-0.1, -0.05) is 48.3 Å². The van der Waals surface area contributed by atoms with E-state index in [-0.39, 0.29) is 0 Å². The fraction of sp³-hybridized carbons (Fsp3) is 0.571. The van der Waals surface area contributed by atoms with Gasteiger partial charge in [-0.2, -0.15) is 0 Å². The third-order valence-corrected chi connectivity index (χ3v) is 3.91. The van der Waals surface area contributed by atoms with Gasteiger partial charge >= 0.3 is 0 Å². The summed E-state index contributed by atoms with van der Waals surface area (Å²) in [5, 5.41) is 3.65. The Labute approximate surface area is 108 Å². The van der Waals surface area contributed by atoms with Crippen LogP contribution < -0.4 is 5.32 Å². The predicted molar refractivity (Wildman–Crippen MR) is 74.6 cm³/mol. The fourth-order valence-electron chi connectivity index (χ4n) is 1.76. The molecular formula is C14H22BrN. The van der Waals surface area contributed by atoms with E-state index < -0.39 is 0 Å². The van der Waals surface area contributed by atoms with Gasteiger partial charge < -0.3 is 5.32 Å². The Kier molecular flexibility index (Phi) is 5.50. The van der Waals surface area contributed by atoms with Crippen molar-refractivity contribution in [3.63, 3.8) is 0 Å². The van der Waals surface area contributed by atoms with Gasteiger partial charge in [0.2, 0.25) is 0 Å². The van der Waals surface area contributed by atoms with Crippen LogP contribution in [0.15, 0.2) is 28.7 Å². The first-order valence-corrected chi connectivity index (χ1v) is 6.85. The lowest BCUT2D eigenvalue weighted by atomic mass is 9.99. The largest absolute Gasteiger partial charge is 0.307 e. The third-order valence-electron chi connectivity index (χ3n) is 3.38. The molecule has 0 amide bonds. The Bertz CT molecular complexity index is 307. The van der Waals surface area contributed by atoms with E-state index in [1.54, 1.807) is 0 Å². The van der Waals surface area contributed by atoms with E-state index in [2.05, 4.69) is 73.2 Å². The Balaban J connectivity index is 2.58. The lowest BCUT2D eigenvalue weighted by molar-refractivity contribution is 0.360. The smallest absolute Gasteiger partial charge is 0.0294 e. The van der Waals surface area contributed by atoms with Crippen molar-refractivity contribution >= 4 is 15.9 Å². The van der Waals surface area contributed by atoms with Crippen molar-refractivity contribution in [1.82, 2.24) is 5.32 Å². The molecule has 0 aliphatic heterocycles. The van der Waals surface area contributed by atoms with Crippen molar-refractivity contribution in [2.24, 2.45) is 5.92 Å². The summed E-state index contributed by atoms with van der Waals surface area (Å²) in [4.78, 5) is 0. The van der Waals surface area contributed by atoms with Crippen LogP contribution in [0.3, 0.4) is 0 Å². The number of rotatable bonds is 5. The van der Waals surface area contributed by atoms with Gasteiger partial charge in [0.05, 0.1) is 0 Å². The highest BCUT2D eigenvalue weighted by Crippen LogP contribution is 2.18. The summed E-state index contributed by atoms with van der Waals surface area (Å²) >= 11 is 3.46. The van der Waals surface area contributed by atoms with Crippen LogP contribution in [0.25, 0.3) is 0 Å². The maximum Gasteiger partial charge on any atom is 0.0294 e. The third kappa shape index (κ3) is 3.91. The summed E-state index contributed by atoms with van der Waals surface area (Å²) < 4.78 is 1.14. The van der Waals surface area contributed by atoms with E-state index in [1.807, 2.05) is 0 Å². The highest BCUT2D eigenvalue weighted by atomic mass is 79.9. The first-order valence-electron chi connectivity index (χ1n) is 6.06. The quantitative estimate of drug-likeness (QED) is 0.837. The molecule has 1 N–H and O–H groups in total. The molecule has 2 heteroatoms. The van der Waals surface area contributed by atoms with Gasteiger partial charge in [0.25, 0.3) is 0 Å². The summed E-state index contributed by atoms with van der Waals surface area (Å²) in [5.74, 6) is 0.720. The zero-order chi connectivity index (χ0) is 12.1. The monoisotopic (exact) mass is 283 g/mol. The average Bonchev–Trinajstić information content (AvgIpc) is 2.28. The van der Waals surface area contributed by atoms with E-state index in [0.717, 1.165) is 10.4 Å². The molecule has 3 atom stereocenters. The van der Waals surface area contributed by atoms with E-state index in [9.17, 15) is 0 Å². The van der Waals surface area contributed by atoms with Crippen LogP contribution in [-0.2, 0) is 0 Å². The van der Waals surface area contributed by atoms with Gasteiger partial charge in [-0.3, -0.25) is 0 Å². The maximum atomic E-state index is 3.65. The molecule has 90 valence electrons. The van der Waals surface area contributed by atoms with Crippen LogP contribution in [-0.4, -0.2) is 6.04 Å². The molecule has 0 aliphatic carbocycles. The lowest BCUT2D eigenvalue weighted by Crippen LogP contribution is -2.33. The molecule has 2 unspecified atom stereocenters. The van der Waals surface area contributed by atoms with Crippen LogP contribution in [0.1, 0.15) is 45.7 Å². The second kappa shape index (κ2) is 6.41. The molecule has 1 aromatic carbocycles. The zero-order valence-corrected chi connectivity index (χ0v) is 12.2. The molecule has 1 rings (SSSR count). The summed E-state index contributed by atoms with van der Waals surface area (Å²) in [6.07, 6.45) is 1.22. The van der Waals surface area contributed by atoms with Crippen molar-refractivity contribution in [3.05, 3.63) is 34.3 Å². The minimum Gasteiger partial charge on any atom is -0.307 e. The molecule has 0 heterocycles. The molecule has 16 heavy (non-hydrogen) atoms. The second-order valence-corrected chi connectivity index (χ2v) is 5.53. The van der Waals surface area contributed by atoms with Crippen LogP contribution >= 0.6 is 15.9 Å². The minimum atomic E-state index is 0.414. The van der Waals surface area contributed by atoms with Crippen LogP contribution in [0.2, 0.25) is 0 Å². The maximum absolute atomic E-state index is 3.65. The first kappa shape index (κ1) is 13.7. The molecule has 1 aromatic rings. The Hall–Kier alpha value is -0.340. The minimum absolute atomic E-state index is 0.414. The highest BCUT2D eigenvalue weighted by molar-refractivity contribution is 9.10. The van der Waals surface area contributed by atoms with Crippen molar-refractivity contribution in [3.8, 4) is 0 Å². The average molecular weight is 284 g/mol. The van der Waals surface area contributed by atoms with Gasteiger partial charge in [-0.25, -0.2) is 0 Å². The SMILES string of the molecule is CCC(C)C(C)N[C@H](C)c1ccc(Br)cc1. The molecule has 0 aromatic heterocycles. The molecule has 0 aliphatic rings. The Morgan fingerprint density at radius 1 is 1.12 bits per heavy atom. The van der Waals surface area contributed by atoms with Crippen molar-refractivity contribution in [2.45, 2.75) is 46.2 Å².